The van der Waals surface area contributed by atoms with E-state index in [4.69, 9.17) is 28.3 Å². The smallest absolute Gasteiger partial charge is 0.122 e. The Labute approximate surface area is 87.9 Å². The van der Waals surface area contributed by atoms with Gasteiger partial charge in [-0.3, -0.25) is 0 Å². The lowest BCUT2D eigenvalue weighted by atomic mass is 10.2. The lowest BCUT2D eigenvalue weighted by Crippen LogP contribution is -1.69. The van der Waals surface area contributed by atoms with Crippen molar-refractivity contribution in [3.05, 3.63) is 47.5 Å². The molecule has 0 aliphatic rings. The lowest BCUT2D eigenvalue weighted by Gasteiger charge is -1.93. The number of hydrogen-bond donors (Lipinski definition) is 1. The van der Waals surface area contributed by atoms with Crippen molar-refractivity contribution in [1.29, 1.82) is 0 Å². The van der Waals surface area contributed by atoms with E-state index in [1.807, 2.05) is 12.1 Å². The molecule has 0 saturated heterocycles. The maximum atomic E-state index is 9.04. The molecule has 0 saturated carbocycles. The van der Waals surface area contributed by atoms with E-state index in [2.05, 4.69) is 13.2 Å². The first-order chi connectivity index (χ1) is 6.07. The molecule has 0 aliphatic carbocycles. The molecule has 1 rings (SSSR count). The molecule has 1 aromatic rings. The number of phenols is 1. The minimum Gasteiger partial charge on any atom is -0.507 e. The molecule has 1 aromatic carbocycles. The van der Waals surface area contributed by atoms with Crippen LogP contribution in [0, 0.1) is 0 Å². The van der Waals surface area contributed by atoms with Crippen molar-refractivity contribution in [3.8, 4) is 5.75 Å². The molecule has 0 unspecified atom stereocenters. The summed E-state index contributed by atoms with van der Waals surface area (Å²) >= 11 is 9.69. The molecular formula is C10H10Cl2O. The number of para-hydroxylation sites is 1. The third kappa shape index (κ3) is 6.26. The summed E-state index contributed by atoms with van der Waals surface area (Å²) < 4.78 is 0.111. The highest BCUT2D eigenvalue weighted by molar-refractivity contribution is 6.55. The van der Waals surface area contributed by atoms with Gasteiger partial charge >= 0.3 is 0 Å². The van der Waals surface area contributed by atoms with Crippen molar-refractivity contribution in [2.24, 2.45) is 0 Å². The Kier molecular flexibility index (Phi) is 6.11. The predicted octanol–water partition coefficient (Wildman–Crippen LogP) is 3.97. The summed E-state index contributed by atoms with van der Waals surface area (Å²) in [5, 5.41) is 9.04. The lowest BCUT2D eigenvalue weighted by molar-refractivity contribution is 0.474. The predicted molar refractivity (Wildman–Crippen MR) is 59.0 cm³/mol. The number of halogens is 2. The van der Waals surface area contributed by atoms with Crippen LogP contribution in [-0.2, 0) is 0 Å². The number of aromatic hydroxyl groups is 1. The second-order valence-corrected chi connectivity index (χ2v) is 3.21. The Morgan fingerprint density at radius 3 is 2.08 bits per heavy atom. The van der Waals surface area contributed by atoms with Crippen LogP contribution < -0.4 is 0 Å². The van der Waals surface area contributed by atoms with Gasteiger partial charge in [-0.15, -0.1) is 0 Å². The number of benzene rings is 1. The summed E-state index contributed by atoms with van der Waals surface area (Å²) in [7, 11) is 0. The van der Waals surface area contributed by atoms with Gasteiger partial charge in [0.15, 0.2) is 0 Å². The van der Waals surface area contributed by atoms with E-state index in [9.17, 15) is 0 Å². The Hall–Kier alpha value is -0.920. The molecule has 0 atom stereocenters. The van der Waals surface area contributed by atoms with Gasteiger partial charge in [-0.25, -0.2) is 0 Å². The summed E-state index contributed by atoms with van der Waals surface area (Å²) in [4.78, 5) is 0. The average molecular weight is 217 g/mol. The zero-order valence-electron chi connectivity index (χ0n) is 7.00. The van der Waals surface area contributed by atoms with Gasteiger partial charge in [-0.05, 0) is 6.07 Å². The summed E-state index contributed by atoms with van der Waals surface area (Å²) in [6.07, 6.45) is 1.62. The van der Waals surface area contributed by atoms with Gasteiger partial charge in [0.05, 0.1) is 4.49 Å². The molecule has 13 heavy (non-hydrogen) atoms. The fourth-order valence-electron chi connectivity index (χ4n) is 0.660. The van der Waals surface area contributed by atoms with E-state index >= 15 is 0 Å². The fraction of sp³-hybridized carbons (Fsp3) is 0. The third-order valence-corrected chi connectivity index (χ3v) is 1.16. The van der Waals surface area contributed by atoms with E-state index in [1.54, 1.807) is 18.2 Å². The monoisotopic (exact) mass is 216 g/mol. The number of phenolic OH excluding ortho intramolecular Hbond substituents is 1. The summed E-state index contributed by atoms with van der Waals surface area (Å²) in [6, 6.07) is 7.08. The summed E-state index contributed by atoms with van der Waals surface area (Å²) in [5.74, 6) is 0.285. The van der Waals surface area contributed by atoms with Crippen LogP contribution in [0.25, 0.3) is 6.08 Å². The second kappa shape index (κ2) is 6.58. The van der Waals surface area contributed by atoms with Crippen molar-refractivity contribution >= 4 is 29.3 Å². The normalized spacial score (nSPS) is 8.15. The maximum absolute atomic E-state index is 9.04. The van der Waals surface area contributed by atoms with Crippen LogP contribution in [-0.4, -0.2) is 5.11 Å². The topological polar surface area (TPSA) is 20.2 Å². The minimum atomic E-state index is 0.111. The highest BCUT2D eigenvalue weighted by atomic mass is 35.5. The van der Waals surface area contributed by atoms with Gasteiger partial charge in [0.1, 0.15) is 5.75 Å². The molecular weight excluding hydrogens is 207 g/mol. The van der Waals surface area contributed by atoms with Crippen molar-refractivity contribution < 1.29 is 5.11 Å². The second-order valence-electron chi connectivity index (χ2n) is 2.10. The van der Waals surface area contributed by atoms with Crippen LogP contribution in [0.5, 0.6) is 5.75 Å². The zero-order valence-corrected chi connectivity index (χ0v) is 8.52. The molecule has 0 aromatic heterocycles. The van der Waals surface area contributed by atoms with Gasteiger partial charge < -0.3 is 5.11 Å². The maximum Gasteiger partial charge on any atom is 0.122 e. The Morgan fingerprint density at radius 1 is 1.31 bits per heavy atom. The van der Waals surface area contributed by atoms with Crippen LogP contribution in [0.2, 0.25) is 0 Å². The molecule has 0 radical (unpaired) electrons. The first kappa shape index (κ1) is 12.1. The highest BCUT2D eigenvalue weighted by Gasteiger charge is 1.89. The van der Waals surface area contributed by atoms with Crippen LogP contribution in [0.3, 0.4) is 0 Å². The van der Waals surface area contributed by atoms with E-state index in [-0.39, 0.29) is 10.2 Å². The molecule has 0 fully saturated rings. The SMILES string of the molecule is C=C(Cl)Cl.C=Cc1ccccc1O. The van der Waals surface area contributed by atoms with Crippen LogP contribution in [0.4, 0.5) is 0 Å². The first-order valence-electron chi connectivity index (χ1n) is 3.48. The molecule has 3 heteroatoms. The first-order valence-corrected chi connectivity index (χ1v) is 4.24. The highest BCUT2D eigenvalue weighted by Crippen LogP contribution is 2.15. The van der Waals surface area contributed by atoms with Crippen molar-refractivity contribution in [2.75, 3.05) is 0 Å². The van der Waals surface area contributed by atoms with E-state index in [1.165, 1.54) is 0 Å². The molecule has 1 N–H and O–H groups in total. The molecule has 0 heterocycles. The van der Waals surface area contributed by atoms with Gasteiger partial charge in [0, 0.05) is 5.56 Å². The standard InChI is InChI=1S/C8H8O.C2H2Cl2/c1-2-7-5-3-4-6-8(7)9;1-2(3)4/h2-6,9H,1H2;1H2. The molecule has 70 valence electrons. The number of rotatable bonds is 1. The Balaban J connectivity index is 0.000000310. The van der Waals surface area contributed by atoms with Gasteiger partial charge in [0.2, 0.25) is 0 Å². The quantitative estimate of drug-likeness (QED) is 0.754. The average Bonchev–Trinajstić information content (AvgIpc) is 2.04. The Bertz CT molecular complexity index is 291. The Morgan fingerprint density at radius 2 is 1.77 bits per heavy atom. The number of hydrogen-bond acceptors (Lipinski definition) is 1. The van der Waals surface area contributed by atoms with Crippen LogP contribution in [0.1, 0.15) is 5.56 Å². The fourth-order valence-corrected chi connectivity index (χ4v) is 0.660. The molecule has 0 spiro atoms. The van der Waals surface area contributed by atoms with E-state index < -0.39 is 0 Å². The summed E-state index contributed by atoms with van der Waals surface area (Å²) in [6.45, 7) is 6.62. The van der Waals surface area contributed by atoms with E-state index in [0.717, 1.165) is 5.56 Å². The van der Waals surface area contributed by atoms with Crippen LogP contribution >= 0.6 is 23.2 Å². The third-order valence-electron chi connectivity index (χ3n) is 1.16. The van der Waals surface area contributed by atoms with Crippen molar-refractivity contribution in [2.45, 2.75) is 0 Å². The van der Waals surface area contributed by atoms with E-state index in [0.29, 0.717) is 0 Å². The zero-order chi connectivity index (χ0) is 10.3. The molecule has 0 amide bonds. The van der Waals surface area contributed by atoms with Gasteiger partial charge in [0.25, 0.3) is 0 Å². The van der Waals surface area contributed by atoms with Crippen molar-refractivity contribution in [1.82, 2.24) is 0 Å². The van der Waals surface area contributed by atoms with Crippen LogP contribution in [0.15, 0.2) is 41.9 Å². The summed E-state index contributed by atoms with van der Waals surface area (Å²) in [5.41, 5.74) is 0.775. The molecule has 1 nitrogen and oxygen atoms in total. The van der Waals surface area contributed by atoms with Gasteiger partial charge in [-0.2, -0.15) is 0 Å². The molecule has 0 aliphatic heterocycles. The van der Waals surface area contributed by atoms with Gasteiger partial charge in [-0.1, -0.05) is 60.6 Å². The minimum absolute atomic E-state index is 0.111. The molecule has 0 bridgehead atoms. The van der Waals surface area contributed by atoms with Crippen molar-refractivity contribution in [3.63, 3.8) is 0 Å². The largest absolute Gasteiger partial charge is 0.507 e.